The zero-order valence-electron chi connectivity index (χ0n) is 9.82. The van der Waals surface area contributed by atoms with Gasteiger partial charge in [-0.05, 0) is 19.0 Å². The van der Waals surface area contributed by atoms with Gasteiger partial charge in [0.1, 0.15) is 0 Å². The molecule has 5 nitrogen and oxygen atoms in total. The number of hydrogen-bond donors (Lipinski definition) is 2. The maximum atomic E-state index is 11.9. The molecule has 0 aromatic carbocycles. The predicted octanol–water partition coefficient (Wildman–Crippen LogP) is -0.811. The Morgan fingerprint density at radius 1 is 1.56 bits per heavy atom. The summed E-state index contributed by atoms with van der Waals surface area (Å²) < 4.78 is 0. The van der Waals surface area contributed by atoms with Crippen LogP contribution in [-0.2, 0) is 9.59 Å². The zero-order valence-corrected chi connectivity index (χ0v) is 9.82. The summed E-state index contributed by atoms with van der Waals surface area (Å²) in [5.74, 6) is 0.694. The number of likely N-dealkylation sites (N-methyl/N-ethyl adjacent to an activating group) is 1. The van der Waals surface area contributed by atoms with Gasteiger partial charge in [-0.3, -0.25) is 9.59 Å². The molecule has 16 heavy (non-hydrogen) atoms. The van der Waals surface area contributed by atoms with Gasteiger partial charge in [0.15, 0.2) is 0 Å². The Kier molecular flexibility index (Phi) is 3.14. The lowest BCUT2D eigenvalue weighted by molar-refractivity contribution is -0.127. The van der Waals surface area contributed by atoms with Gasteiger partial charge in [-0.2, -0.15) is 0 Å². The van der Waals surface area contributed by atoms with Gasteiger partial charge in [0.2, 0.25) is 11.8 Å². The van der Waals surface area contributed by atoms with Crippen molar-refractivity contribution in [2.75, 3.05) is 26.7 Å². The van der Waals surface area contributed by atoms with Gasteiger partial charge >= 0.3 is 0 Å². The predicted molar refractivity (Wildman–Crippen MR) is 59.7 cm³/mol. The first kappa shape index (κ1) is 11.4. The number of carbonyl (C=O) groups is 2. The molecule has 5 heteroatoms. The van der Waals surface area contributed by atoms with Crippen LogP contribution in [0.15, 0.2) is 0 Å². The average molecular weight is 225 g/mol. The van der Waals surface area contributed by atoms with E-state index in [0.29, 0.717) is 18.9 Å². The summed E-state index contributed by atoms with van der Waals surface area (Å²) in [4.78, 5) is 24.8. The maximum absolute atomic E-state index is 11.9. The number of likely N-dealkylation sites (tertiary alicyclic amines) is 1. The second-order valence-electron chi connectivity index (χ2n) is 4.89. The number of nitrogens with one attached hydrogen (secondary N) is 2. The smallest absolute Gasteiger partial charge is 0.224 e. The molecule has 2 atom stereocenters. The van der Waals surface area contributed by atoms with E-state index in [-0.39, 0.29) is 23.8 Å². The molecule has 0 radical (unpaired) electrons. The Hall–Kier alpha value is -1.10. The number of rotatable bonds is 3. The minimum absolute atomic E-state index is 0.000450. The van der Waals surface area contributed by atoms with E-state index in [1.165, 1.54) is 0 Å². The molecule has 2 aliphatic rings. The Morgan fingerprint density at radius 3 is 2.69 bits per heavy atom. The first-order valence-electron chi connectivity index (χ1n) is 5.83. The van der Waals surface area contributed by atoms with Gasteiger partial charge < -0.3 is 15.5 Å². The molecule has 2 N–H and O–H groups in total. The van der Waals surface area contributed by atoms with E-state index >= 15 is 0 Å². The monoisotopic (exact) mass is 225 g/mol. The fraction of sp³-hybridized carbons (Fsp3) is 0.818. The van der Waals surface area contributed by atoms with Gasteiger partial charge in [-0.25, -0.2) is 0 Å². The van der Waals surface area contributed by atoms with Crippen LogP contribution in [0.3, 0.4) is 0 Å². The molecule has 0 aromatic rings. The van der Waals surface area contributed by atoms with Crippen LogP contribution in [-0.4, -0.2) is 49.4 Å². The average Bonchev–Trinajstić information content (AvgIpc) is 2.42. The third kappa shape index (κ3) is 2.19. The van der Waals surface area contributed by atoms with Gasteiger partial charge in [0, 0.05) is 25.9 Å². The largest absolute Gasteiger partial charge is 0.351 e. The van der Waals surface area contributed by atoms with Crippen LogP contribution in [0.25, 0.3) is 0 Å². The van der Waals surface area contributed by atoms with Crippen molar-refractivity contribution < 1.29 is 9.59 Å². The van der Waals surface area contributed by atoms with Crippen molar-refractivity contribution in [3.63, 3.8) is 0 Å². The molecule has 0 aromatic heterocycles. The molecule has 2 rings (SSSR count). The van der Waals surface area contributed by atoms with Gasteiger partial charge in [-0.15, -0.1) is 0 Å². The highest BCUT2D eigenvalue weighted by Crippen LogP contribution is 2.17. The summed E-state index contributed by atoms with van der Waals surface area (Å²) in [6.07, 6.45) is 0.442. The maximum Gasteiger partial charge on any atom is 0.224 e. The van der Waals surface area contributed by atoms with E-state index in [1.807, 2.05) is 6.92 Å². The second-order valence-corrected chi connectivity index (χ2v) is 4.89. The normalized spacial score (nSPS) is 27.8. The minimum Gasteiger partial charge on any atom is -0.351 e. The summed E-state index contributed by atoms with van der Waals surface area (Å²) in [6.45, 7) is 4.46. The van der Waals surface area contributed by atoms with E-state index in [4.69, 9.17) is 0 Å². The standard InChI is InChI=1S/C11H19N3O2/c1-7(8-4-12-5-8)11(16)13-9-3-10(15)14(2)6-9/h7-9,12H,3-6H2,1-2H3,(H,13,16). The van der Waals surface area contributed by atoms with Crippen LogP contribution in [0.2, 0.25) is 0 Å². The molecule has 0 saturated carbocycles. The Labute approximate surface area is 95.6 Å². The summed E-state index contributed by atoms with van der Waals surface area (Å²) >= 11 is 0. The first-order chi connectivity index (χ1) is 7.58. The summed E-state index contributed by atoms with van der Waals surface area (Å²) in [5, 5.41) is 6.12. The van der Waals surface area contributed by atoms with Crippen LogP contribution in [0.1, 0.15) is 13.3 Å². The van der Waals surface area contributed by atoms with Crippen LogP contribution >= 0.6 is 0 Å². The van der Waals surface area contributed by atoms with E-state index in [9.17, 15) is 9.59 Å². The number of carbonyl (C=O) groups excluding carboxylic acids is 2. The lowest BCUT2D eigenvalue weighted by Gasteiger charge is -2.32. The van der Waals surface area contributed by atoms with Gasteiger partial charge in [0.05, 0.1) is 6.04 Å². The summed E-state index contributed by atoms with van der Waals surface area (Å²) in [6, 6.07) is 0.000450. The Morgan fingerprint density at radius 2 is 2.25 bits per heavy atom. The first-order valence-corrected chi connectivity index (χ1v) is 5.83. The number of hydrogen-bond acceptors (Lipinski definition) is 3. The second kappa shape index (κ2) is 4.41. The van der Waals surface area contributed by atoms with E-state index in [2.05, 4.69) is 10.6 Å². The number of nitrogens with zero attached hydrogens (tertiary/aromatic N) is 1. The molecule has 2 amide bonds. The van der Waals surface area contributed by atoms with Crippen molar-refractivity contribution >= 4 is 11.8 Å². The van der Waals surface area contributed by atoms with Gasteiger partial charge in [0.25, 0.3) is 0 Å². The van der Waals surface area contributed by atoms with E-state index < -0.39 is 0 Å². The molecule has 2 saturated heterocycles. The highest BCUT2D eigenvalue weighted by atomic mass is 16.2. The van der Waals surface area contributed by atoms with Crippen molar-refractivity contribution in [1.82, 2.24) is 15.5 Å². The van der Waals surface area contributed by atoms with Crippen molar-refractivity contribution in [2.45, 2.75) is 19.4 Å². The molecular weight excluding hydrogens is 206 g/mol. The molecule has 0 spiro atoms. The lowest BCUT2D eigenvalue weighted by Crippen LogP contribution is -2.51. The highest BCUT2D eigenvalue weighted by molar-refractivity contribution is 5.83. The summed E-state index contributed by atoms with van der Waals surface area (Å²) in [7, 11) is 1.77. The molecular formula is C11H19N3O2. The quantitative estimate of drug-likeness (QED) is 0.660. The third-order valence-electron chi connectivity index (χ3n) is 3.62. The van der Waals surface area contributed by atoms with E-state index in [0.717, 1.165) is 13.1 Å². The molecule has 2 heterocycles. The van der Waals surface area contributed by atoms with Crippen molar-refractivity contribution in [1.29, 1.82) is 0 Å². The third-order valence-corrected chi connectivity index (χ3v) is 3.62. The lowest BCUT2D eigenvalue weighted by atomic mass is 9.88. The molecule has 0 bridgehead atoms. The molecule has 0 aliphatic carbocycles. The topological polar surface area (TPSA) is 61.4 Å². The molecule has 90 valence electrons. The highest BCUT2D eigenvalue weighted by Gasteiger charge is 2.32. The van der Waals surface area contributed by atoms with Crippen molar-refractivity contribution in [3.8, 4) is 0 Å². The van der Waals surface area contributed by atoms with E-state index in [1.54, 1.807) is 11.9 Å². The molecule has 2 fully saturated rings. The zero-order chi connectivity index (χ0) is 11.7. The molecule has 2 aliphatic heterocycles. The van der Waals surface area contributed by atoms with Crippen LogP contribution in [0, 0.1) is 11.8 Å². The Balaban J connectivity index is 1.80. The van der Waals surface area contributed by atoms with Crippen LogP contribution in [0.4, 0.5) is 0 Å². The van der Waals surface area contributed by atoms with Gasteiger partial charge in [-0.1, -0.05) is 6.92 Å². The van der Waals surface area contributed by atoms with Crippen molar-refractivity contribution in [3.05, 3.63) is 0 Å². The number of amides is 2. The SMILES string of the molecule is CC(C(=O)NC1CC(=O)N(C)C1)C1CNC1. The van der Waals surface area contributed by atoms with Crippen LogP contribution < -0.4 is 10.6 Å². The summed E-state index contributed by atoms with van der Waals surface area (Å²) in [5.41, 5.74) is 0. The molecule has 2 unspecified atom stereocenters. The minimum atomic E-state index is 0.000450. The van der Waals surface area contributed by atoms with Crippen LogP contribution in [0.5, 0.6) is 0 Å². The fourth-order valence-electron chi connectivity index (χ4n) is 2.17. The van der Waals surface area contributed by atoms with Crippen molar-refractivity contribution in [2.24, 2.45) is 11.8 Å². The Bertz CT molecular complexity index is 302. The fourth-order valence-corrected chi connectivity index (χ4v) is 2.17.